The number of hydrogen-bond donors (Lipinski definition) is 1. The molecule has 1 saturated heterocycles. The third kappa shape index (κ3) is 4.32. The van der Waals surface area contributed by atoms with Crippen LogP contribution in [0.2, 0.25) is 0 Å². The summed E-state index contributed by atoms with van der Waals surface area (Å²) in [4.78, 5) is 26.7. The number of carbonyl (C=O) groups excluding carboxylic acids is 2. The highest BCUT2D eigenvalue weighted by Crippen LogP contribution is 2.23. The van der Waals surface area contributed by atoms with E-state index in [-0.39, 0.29) is 23.4 Å². The average molecular weight is 372 g/mol. The second-order valence-corrected chi connectivity index (χ2v) is 6.98. The summed E-state index contributed by atoms with van der Waals surface area (Å²) in [6, 6.07) is 8.68. The summed E-state index contributed by atoms with van der Waals surface area (Å²) < 4.78 is 26.6. The normalized spacial score (nSPS) is 14.9. The summed E-state index contributed by atoms with van der Waals surface area (Å²) in [5, 5.41) is 2.51. The van der Waals surface area contributed by atoms with Crippen LogP contribution in [0.25, 0.3) is 0 Å². The van der Waals surface area contributed by atoms with Gasteiger partial charge in [0.25, 0.3) is 5.91 Å². The number of hydrogen-bond acceptors (Lipinski definition) is 2. The van der Waals surface area contributed by atoms with Gasteiger partial charge < -0.3 is 10.2 Å². The molecule has 3 rings (SSSR count). The molecule has 0 aliphatic carbocycles. The molecule has 2 aromatic carbocycles. The zero-order valence-electron chi connectivity index (χ0n) is 15.4. The van der Waals surface area contributed by atoms with Gasteiger partial charge in [0, 0.05) is 30.6 Å². The Kier molecular flexibility index (Phi) is 5.54. The lowest BCUT2D eigenvalue weighted by atomic mass is 9.95. The van der Waals surface area contributed by atoms with Gasteiger partial charge in [0.05, 0.1) is 5.69 Å². The average Bonchev–Trinajstić information content (AvgIpc) is 2.65. The molecule has 27 heavy (non-hydrogen) atoms. The Morgan fingerprint density at radius 1 is 1.00 bits per heavy atom. The Morgan fingerprint density at radius 3 is 2.33 bits per heavy atom. The second-order valence-electron chi connectivity index (χ2n) is 6.98. The molecular formula is C21H22F2N2O2. The molecule has 0 radical (unpaired) electrons. The van der Waals surface area contributed by atoms with E-state index in [9.17, 15) is 18.4 Å². The Bertz CT molecular complexity index is 874. The minimum atomic E-state index is -0.800. The van der Waals surface area contributed by atoms with Crippen LogP contribution in [0.1, 0.15) is 34.3 Å². The fourth-order valence-electron chi connectivity index (χ4n) is 3.23. The molecule has 142 valence electrons. The van der Waals surface area contributed by atoms with Crippen LogP contribution in [-0.2, 0) is 4.79 Å². The number of nitrogens with zero attached hydrogens (tertiary/aromatic N) is 1. The van der Waals surface area contributed by atoms with E-state index in [2.05, 4.69) is 5.32 Å². The number of piperidine rings is 1. The number of benzene rings is 2. The van der Waals surface area contributed by atoms with Crippen molar-refractivity contribution in [1.82, 2.24) is 4.90 Å². The molecule has 0 aromatic heterocycles. The van der Waals surface area contributed by atoms with Crippen molar-refractivity contribution in [3.05, 3.63) is 64.7 Å². The van der Waals surface area contributed by atoms with Gasteiger partial charge in [0.2, 0.25) is 5.91 Å². The number of nitrogens with one attached hydrogen (secondary N) is 1. The van der Waals surface area contributed by atoms with Crippen molar-refractivity contribution in [2.75, 3.05) is 18.4 Å². The van der Waals surface area contributed by atoms with Crippen LogP contribution in [0, 0.1) is 31.4 Å². The Morgan fingerprint density at radius 2 is 1.70 bits per heavy atom. The molecule has 0 atom stereocenters. The van der Waals surface area contributed by atoms with E-state index >= 15 is 0 Å². The van der Waals surface area contributed by atoms with Gasteiger partial charge in [0.15, 0.2) is 0 Å². The van der Waals surface area contributed by atoms with E-state index in [0.717, 1.165) is 23.3 Å². The first-order valence-corrected chi connectivity index (χ1v) is 8.97. The summed E-state index contributed by atoms with van der Waals surface area (Å²) in [6.45, 7) is 4.90. The lowest BCUT2D eigenvalue weighted by molar-refractivity contribution is -0.121. The van der Waals surface area contributed by atoms with Crippen LogP contribution < -0.4 is 5.32 Å². The summed E-state index contributed by atoms with van der Waals surface area (Å²) in [5.74, 6) is -2.15. The molecule has 0 spiro atoms. The van der Waals surface area contributed by atoms with Crippen molar-refractivity contribution in [3.8, 4) is 0 Å². The van der Waals surface area contributed by atoms with Crippen molar-refractivity contribution in [1.29, 1.82) is 0 Å². The molecule has 1 N–H and O–H groups in total. The topological polar surface area (TPSA) is 49.4 Å². The number of halogens is 2. The standard InChI is InChI=1S/C21H22F2N2O2/c1-13-3-4-16(11-14(13)2)21(27)25-9-7-15(8-10-25)20(26)24-19-6-5-17(22)12-18(19)23/h3-6,11-12,15H,7-10H2,1-2H3,(H,24,26). The van der Waals surface area contributed by atoms with Crippen molar-refractivity contribution in [2.24, 2.45) is 5.92 Å². The van der Waals surface area contributed by atoms with Crippen LogP contribution >= 0.6 is 0 Å². The van der Waals surface area contributed by atoms with E-state index in [1.165, 1.54) is 6.07 Å². The minimum Gasteiger partial charge on any atom is -0.339 e. The molecule has 1 heterocycles. The fraction of sp³-hybridized carbons (Fsp3) is 0.333. The smallest absolute Gasteiger partial charge is 0.253 e. The van der Waals surface area contributed by atoms with Gasteiger partial charge in [-0.05, 0) is 62.1 Å². The lowest BCUT2D eigenvalue weighted by Crippen LogP contribution is -2.41. The first-order valence-electron chi connectivity index (χ1n) is 8.97. The maximum Gasteiger partial charge on any atom is 0.253 e. The monoisotopic (exact) mass is 372 g/mol. The van der Waals surface area contributed by atoms with Gasteiger partial charge in [-0.1, -0.05) is 6.07 Å². The van der Waals surface area contributed by atoms with Crippen LogP contribution in [0.5, 0.6) is 0 Å². The molecule has 0 unspecified atom stereocenters. The van der Waals surface area contributed by atoms with Crippen LogP contribution in [0.15, 0.2) is 36.4 Å². The summed E-state index contributed by atoms with van der Waals surface area (Å²) >= 11 is 0. The lowest BCUT2D eigenvalue weighted by Gasteiger charge is -2.31. The van der Waals surface area contributed by atoms with Crippen molar-refractivity contribution >= 4 is 17.5 Å². The number of aryl methyl sites for hydroxylation is 2. The van der Waals surface area contributed by atoms with E-state index in [4.69, 9.17) is 0 Å². The van der Waals surface area contributed by atoms with Gasteiger partial charge in [0.1, 0.15) is 11.6 Å². The summed E-state index contributed by atoms with van der Waals surface area (Å²) in [7, 11) is 0. The van der Waals surface area contributed by atoms with E-state index in [0.29, 0.717) is 31.5 Å². The van der Waals surface area contributed by atoms with Crippen molar-refractivity contribution < 1.29 is 18.4 Å². The molecule has 1 aliphatic heterocycles. The van der Waals surface area contributed by atoms with E-state index in [1.807, 2.05) is 32.0 Å². The largest absolute Gasteiger partial charge is 0.339 e. The highest BCUT2D eigenvalue weighted by atomic mass is 19.1. The first kappa shape index (κ1) is 19.0. The van der Waals surface area contributed by atoms with Crippen LogP contribution in [0.3, 0.4) is 0 Å². The number of anilines is 1. The first-order chi connectivity index (χ1) is 12.8. The van der Waals surface area contributed by atoms with Gasteiger partial charge in [-0.2, -0.15) is 0 Å². The molecule has 0 bridgehead atoms. The highest BCUT2D eigenvalue weighted by molar-refractivity contribution is 5.95. The number of rotatable bonds is 3. The zero-order valence-corrected chi connectivity index (χ0v) is 15.4. The van der Waals surface area contributed by atoms with E-state index < -0.39 is 11.6 Å². The Balaban J connectivity index is 1.58. The fourth-order valence-corrected chi connectivity index (χ4v) is 3.23. The zero-order chi connectivity index (χ0) is 19.6. The molecule has 4 nitrogen and oxygen atoms in total. The number of likely N-dealkylation sites (tertiary alicyclic amines) is 1. The molecule has 2 amide bonds. The molecule has 2 aromatic rings. The molecular weight excluding hydrogens is 350 g/mol. The molecule has 1 fully saturated rings. The number of carbonyl (C=O) groups is 2. The molecule has 0 saturated carbocycles. The predicted molar refractivity (Wildman–Crippen MR) is 99.5 cm³/mol. The van der Waals surface area contributed by atoms with Crippen molar-refractivity contribution in [2.45, 2.75) is 26.7 Å². The second kappa shape index (κ2) is 7.86. The summed E-state index contributed by atoms with van der Waals surface area (Å²) in [6.07, 6.45) is 1.01. The Hall–Kier alpha value is -2.76. The maximum atomic E-state index is 13.7. The minimum absolute atomic E-state index is 0.0324. The third-order valence-corrected chi connectivity index (χ3v) is 5.10. The van der Waals surface area contributed by atoms with Gasteiger partial charge in [-0.15, -0.1) is 0 Å². The van der Waals surface area contributed by atoms with Crippen LogP contribution in [0.4, 0.5) is 14.5 Å². The molecule has 6 heteroatoms. The molecule has 1 aliphatic rings. The third-order valence-electron chi connectivity index (χ3n) is 5.10. The quantitative estimate of drug-likeness (QED) is 0.883. The van der Waals surface area contributed by atoms with E-state index in [1.54, 1.807) is 4.90 Å². The van der Waals surface area contributed by atoms with Crippen LogP contribution in [-0.4, -0.2) is 29.8 Å². The SMILES string of the molecule is Cc1ccc(C(=O)N2CCC(C(=O)Nc3ccc(F)cc3F)CC2)cc1C. The van der Waals surface area contributed by atoms with Crippen molar-refractivity contribution in [3.63, 3.8) is 0 Å². The number of amides is 2. The summed E-state index contributed by atoms with van der Waals surface area (Å²) in [5.41, 5.74) is 2.82. The Labute approximate surface area is 157 Å². The predicted octanol–water partition coefficient (Wildman–Crippen LogP) is 4.07. The van der Waals surface area contributed by atoms with Gasteiger partial charge in [-0.25, -0.2) is 8.78 Å². The van der Waals surface area contributed by atoms with Gasteiger partial charge >= 0.3 is 0 Å². The maximum absolute atomic E-state index is 13.7. The highest BCUT2D eigenvalue weighted by Gasteiger charge is 2.28. The van der Waals surface area contributed by atoms with Gasteiger partial charge in [-0.3, -0.25) is 9.59 Å².